The summed E-state index contributed by atoms with van der Waals surface area (Å²) in [5, 5.41) is 0.134. The average Bonchev–Trinajstić information content (AvgIpc) is 3.01. The van der Waals surface area contributed by atoms with Gasteiger partial charge in [0.1, 0.15) is 17.1 Å². The largest absolute Gasteiger partial charge is 0.497 e. The van der Waals surface area contributed by atoms with E-state index in [9.17, 15) is 14.0 Å². The minimum absolute atomic E-state index is 0.0322. The van der Waals surface area contributed by atoms with E-state index < -0.39 is 11.9 Å². The Kier molecular flexibility index (Phi) is 5.30. The number of fused-ring (bicyclic) bond motifs is 2. The van der Waals surface area contributed by atoms with Crippen LogP contribution in [0.4, 0.5) is 4.39 Å². The Morgan fingerprint density at radius 2 is 1.87 bits per heavy atom. The van der Waals surface area contributed by atoms with Crippen LogP contribution in [-0.2, 0) is 0 Å². The van der Waals surface area contributed by atoms with Crippen molar-refractivity contribution in [2.24, 2.45) is 0 Å². The first-order valence-electron chi connectivity index (χ1n) is 9.76. The number of benzene rings is 2. The van der Waals surface area contributed by atoms with Crippen molar-refractivity contribution in [3.05, 3.63) is 75.4 Å². The highest BCUT2D eigenvalue weighted by molar-refractivity contribution is 5.99. The van der Waals surface area contributed by atoms with E-state index >= 15 is 0 Å². The number of hydrogen-bond donors (Lipinski definition) is 0. The van der Waals surface area contributed by atoms with E-state index in [0.717, 1.165) is 24.6 Å². The molecule has 0 aliphatic carbocycles. The van der Waals surface area contributed by atoms with Gasteiger partial charge in [-0.1, -0.05) is 12.1 Å². The third-order valence-corrected chi connectivity index (χ3v) is 5.36. The highest BCUT2D eigenvalue weighted by Gasteiger charge is 2.42. The molecule has 0 fully saturated rings. The number of carbonyl (C=O) groups excluding carboxylic acids is 1. The van der Waals surface area contributed by atoms with Crippen molar-refractivity contribution >= 4 is 16.9 Å². The maximum Gasteiger partial charge on any atom is 0.290 e. The van der Waals surface area contributed by atoms with E-state index in [1.54, 1.807) is 24.1 Å². The molecule has 0 radical (unpaired) electrons. The second-order valence-electron chi connectivity index (χ2n) is 7.65. The molecule has 0 N–H and O–H groups in total. The summed E-state index contributed by atoms with van der Waals surface area (Å²) in [6.07, 6.45) is 0.738. The van der Waals surface area contributed by atoms with E-state index in [1.165, 1.54) is 12.1 Å². The van der Waals surface area contributed by atoms with Gasteiger partial charge in [0.15, 0.2) is 5.43 Å². The molecule has 1 unspecified atom stereocenters. The van der Waals surface area contributed by atoms with Gasteiger partial charge in [-0.15, -0.1) is 0 Å². The van der Waals surface area contributed by atoms with Crippen LogP contribution in [0.25, 0.3) is 11.0 Å². The maximum absolute atomic E-state index is 13.8. The predicted octanol–water partition coefficient (Wildman–Crippen LogP) is 3.44. The zero-order valence-corrected chi connectivity index (χ0v) is 17.1. The standard InChI is InChI=1S/C23H23FN2O4/c1-25(2)11-4-12-26-20(14-5-8-16(29-3)9-6-14)19-21(27)17-13-15(24)7-10-18(17)30-22(19)23(26)28/h5-10,13,20H,4,11-12H2,1-3H3. The first-order chi connectivity index (χ1) is 14.4. The van der Waals surface area contributed by atoms with E-state index in [0.29, 0.717) is 12.3 Å². The number of methoxy groups -OCH3 is 1. The molecule has 0 spiro atoms. The molecule has 0 saturated carbocycles. The van der Waals surface area contributed by atoms with Crippen LogP contribution in [0.3, 0.4) is 0 Å². The summed E-state index contributed by atoms with van der Waals surface area (Å²) in [6.45, 7) is 1.26. The van der Waals surface area contributed by atoms with E-state index in [4.69, 9.17) is 9.15 Å². The first-order valence-corrected chi connectivity index (χ1v) is 9.76. The maximum atomic E-state index is 13.8. The summed E-state index contributed by atoms with van der Waals surface area (Å²) >= 11 is 0. The summed E-state index contributed by atoms with van der Waals surface area (Å²) in [4.78, 5) is 30.2. The Hall–Kier alpha value is -3.19. The van der Waals surface area contributed by atoms with Crippen LogP contribution >= 0.6 is 0 Å². The molecule has 6 nitrogen and oxygen atoms in total. The van der Waals surface area contributed by atoms with Crippen LogP contribution in [-0.4, -0.2) is 50.0 Å². The normalized spacial score (nSPS) is 15.8. The lowest BCUT2D eigenvalue weighted by atomic mass is 9.98. The van der Waals surface area contributed by atoms with Gasteiger partial charge in [-0.3, -0.25) is 9.59 Å². The average molecular weight is 410 g/mol. The molecule has 1 aliphatic rings. The number of ether oxygens (including phenoxy) is 1. The van der Waals surface area contributed by atoms with Gasteiger partial charge in [0, 0.05) is 6.54 Å². The fourth-order valence-corrected chi connectivity index (χ4v) is 3.91. The molecule has 2 heterocycles. The zero-order chi connectivity index (χ0) is 21.4. The van der Waals surface area contributed by atoms with Crippen LogP contribution < -0.4 is 10.2 Å². The summed E-state index contributed by atoms with van der Waals surface area (Å²) in [6, 6.07) is 10.4. The van der Waals surface area contributed by atoms with E-state index in [-0.39, 0.29) is 33.6 Å². The highest BCUT2D eigenvalue weighted by Crippen LogP contribution is 2.38. The Balaban J connectivity index is 1.86. The smallest absolute Gasteiger partial charge is 0.290 e. The summed E-state index contributed by atoms with van der Waals surface area (Å²) in [5.41, 5.74) is 0.857. The molecule has 3 aromatic rings. The van der Waals surface area contributed by atoms with Gasteiger partial charge in [-0.25, -0.2) is 4.39 Å². The lowest BCUT2D eigenvalue weighted by molar-refractivity contribution is 0.0722. The van der Waals surface area contributed by atoms with Crippen molar-refractivity contribution in [3.8, 4) is 5.75 Å². The highest BCUT2D eigenvalue weighted by atomic mass is 19.1. The van der Waals surface area contributed by atoms with Gasteiger partial charge in [0.25, 0.3) is 5.91 Å². The molecule has 156 valence electrons. The van der Waals surface area contributed by atoms with Crippen molar-refractivity contribution in [2.75, 3.05) is 34.3 Å². The molecule has 2 aromatic carbocycles. The Morgan fingerprint density at radius 1 is 1.13 bits per heavy atom. The van der Waals surface area contributed by atoms with Crippen molar-refractivity contribution < 1.29 is 18.3 Å². The molecule has 0 bridgehead atoms. The number of nitrogens with zero attached hydrogens (tertiary/aromatic N) is 2. The van der Waals surface area contributed by atoms with Gasteiger partial charge in [-0.2, -0.15) is 0 Å². The second kappa shape index (κ2) is 7.91. The first kappa shape index (κ1) is 20.1. The number of halogens is 1. The molecular formula is C23H23FN2O4. The third kappa shape index (κ3) is 3.45. The van der Waals surface area contributed by atoms with Gasteiger partial charge in [-0.05, 0) is 63.0 Å². The topological polar surface area (TPSA) is 63.0 Å². The molecular weight excluding hydrogens is 387 g/mol. The van der Waals surface area contributed by atoms with Gasteiger partial charge in [0.05, 0.1) is 24.1 Å². The van der Waals surface area contributed by atoms with Gasteiger partial charge < -0.3 is 19.0 Å². The molecule has 0 saturated heterocycles. The monoisotopic (exact) mass is 410 g/mol. The molecule has 1 amide bonds. The van der Waals surface area contributed by atoms with Crippen LogP contribution in [0, 0.1) is 5.82 Å². The minimum Gasteiger partial charge on any atom is -0.497 e. The van der Waals surface area contributed by atoms with Gasteiger partial charge >= 0.3 is 0 Å². The SMILES string of the molecule is COc1ccc(C2c3c(oc4ccc(F)cc4c3=O)C(=O)N2CCCN(C)C)cc1. The lowest BCUT2D eigenvalue weighted by Gasteiger charge is -2.25. The second-order valence-corrected chi connectivity index (χ2v) is 7.65. The molecule has 1 aliphatic heterocycles. The Labute approximate surface area is 173 Å². The fourth-order valence-electron chi connectivity index (χ4n) is 3.91. The van der Waals surface area contributed by atoms with E-state index in [2.05, 4.69) is 0 Å². The Bertz CT molecular complexity index is 1150. The van der Waals surface area contributed by atoms with Crippen molar-refractivity contribution in [2.45, 2.75) is 12.5 Å². The van der Waals surface area contributed by atoms with Crippen LogP contribution in [0.15, 0.2) is 51.7 Å². The number of amides is 1. The van der Waals surface area contributed by atoms with Crippen molar-refractivity contribution in [1.82, 2.24) is 9.80 Å². The summed E-state index contributed by atoms with van der Waals surface area (Å²) in [7, 11) is 5.51. The lowest BCUT2D eigenvalue weighted by Crippen LogP contribution is -2.32. The van der Waals surface area contributed by atoms with Crippen LogP contribution in [0.1, 0.15) is 34.1 Å². The third-order valence-electron chi connectivity index (χ3n) is 5.36. The molecule has 1 aromatic heterocycles. The van der Waals surface area contributed by atoms with Crippen molar-refractivity contribution in [3.63, 3.8) is 0 Å². The molecule has 7 heteroatoms. The minimum atomic E-state index is -0.593. The molecule has 30 heavy (non-hydrogen) atoms. The molecule has 4 rings (SSSR count). The Morgan fingerprint density at radius 3 is 2.53 bits per heavy atom. The van der Waals surface area contributed by atoms with E-state index in [1.807, 2.05) is 31.1 Å². The zero-order valence-electron chi connectivity index (χ0n) is 17.1. The van der Waals surface area contributed by atoms with Gasteiger partial charge in [0.2, 0.25) is 5.76 Å². The summed E-state index contributed by atoms with van der Waals surface area (Å²) in [5.74, 6) is -0.143. The van der Waals surface area contributed by atoms with Crippen molar-refractivity contribution in [1.29, 1.82) is 0 Å². The number of carbonyl (C=O) groups is 1. The number of rotatable bonds is 6. The van der Waals surface area contributed by atoms with Crippen LogP contribution in [0.2, 0.25) is 0 Å². The quantitative estimate of drug-likeness (QED) is 0.623. The number of hydrogen-bond acceptors (Lipinski definition) is 5. The van der Waals surface area contributed by atoms with Crippen LogP contribution in [0.5, 0.6) is 5.75 Å². The fraction of sp³-hybridized carbons (Fsp3) is 0.304. The predicted molar refractivity (Wildman–Crippen MR) is 111 cm³/mol. The summed E-state index contributed by atoms with van der Waals surface area (Å²) < 4.78 is 24.8. The molecule has 1 atom stereocenters.